The highest BCUT2D eigenvalue weighted by molar-refractivity contribution is 5.84. The molecule has 5 aromatic carbocycles. The maximum atomic E-state index is 2.55. The van der Waals surface area contributed by atoms with Crippen molar-refractivity contribution in [3.63, 3.8) is 0 Å². The molecule has 0 saturated heterocycles. The molecule has 0 unspecified atom stereocenters. The zero-order valence-corrected chi connectivity index (χ0v) is 25.0. The summed E-state index contributed by atoms with van der Waals surface area (Å²) in [7, 11) is 2.23. The average Bonchev–Trinajstić information content (AvgIpc) is 3.28. The molecule has 6 aromatic rings. The fraction of sp³-hybridized carbons (Fsp3) is 0.205. The molecule has 0 radical (unpaired) electrons. The molecule has 0 fully saturated rings. The van der Waals surface area contributed by atoms with Crippen molar-refractivity contribution in [3.05, 3.63) is 132 Å². The van der Waals surface area contributed by atoms with Crippen molar-refractivity contribution in [2.75, 3.05) is 0 Å². The van der Waals surface area contributed by atoms with Crippen LogP contribution in [0.2, 0.25) is 0 Å². The number of imidazole rings is 1. The van der Waals surface area contributed by atoms with Gasteiger partial charge in [0.2, 0.25) is 0 Å². The second-order valence-corrected chi connectivity index (χ2v) is 11.8. The van der Waals surface area contributed by atoms with Crippen LogP contribution >= 0.6 is 0 Å². The molecule has 1 aromatic heterocycles. The van der Waals surface area contributed by atoms with Gasteiger partial charge in [-0.15, -0.1) is 0 Å². The molecule has 41 heavy (non-hydrogen) atoms. The smallest absolute Gasteiger partial charge is 0.225 e. The van der Waals surface area contributed by atoms with Gasteiger partial charge in [0.25, 0.3) is 5.82 Å². The summed E-state index contributed by atoms with van der Waals surface area (Å²) in [6.07, 6.45) is 0. The minimum atomic E-state index is 0.389. The van der Waals surface area contributed by atoms with Gasteiger partial charge in [-0.3, -0.25) is 0 Å². The molecule has 2 heteroatoms. The van der Waals surface area contributed by atoms with Gasteiger partial charge in [0.05, 0.1) is 12.6 Å². The number of aromatic nitrogens is 2. The summed E-state index contributed by atoms with van der Waals surface area (Å²) in [6.45, 7) is 11.5. The summed E-state index contributed by atoms with van der Waals surface area (Å²) in [5.74, 6) is 1.98. The Hall–Kier alpha value is -4.43. The van der Waals surface area contributed by atoms with E-state index in [1.807, 2.05) is 0 Å². The van der Waals surface area contributed by atoms with E-state index in [1.54, 1.807) is 0 Å². The lowest BCUT2D eigenvalue weighted by atomic mass is 9.92. The molecule has 0 aliphatic carbocycles. The third-order valence-electron chi connectivity index (χ3n) is 8.37. The molecule has 1 heterocycles. The second-order valence-electron chi connectivity index (χ2n) is 11.8. The zero-order valence-electron chi connectivity index (χ0n) is 25.0. The first-order valence-corrected chi connectivity index (χ1v) is 14.7. The molecule has 0 aliphatic rings. The van der Waals surface area contributed by atoms with Crippen molar-refractivity contribution in [2.24, 2.45) is 7.05 Å². The van der Waals surface area contributed by atoms with E-state index < -0.39 is 0 Å². The molecule has 0 aliphatic heterocycles. The number of para-hydroxylation sites is 1. The monoisotopic (exact) mass is 535 g/mol. The maximum Gasteiger partial charge on any atom is 0.295 e. The predicted molar refractivity (Wildman–Crippen MR) is 174 cm³/mol. The highest BCUT2D eigenvalue weighted by Gasteiger charge is 2.31. The molecule has 0 spiro atoms. The summed E-state index contributed by atoms with van der Waals surface area (Å²) in [6, 6.07) is 42.1. The van der Waals surface area contributed by atoms with E-state index >= 15 is 0 Å². The Balaban J connectivity index is 1.73. The Bertz CT molecular complexity index is 1810. The molecular formula is C39H39N2+. The molecule has 0 atom stereocenters. The van der Waals surface area contributed by atoms with Crippen molar-refractivity contribution in [1.82, 2.24) is 4.57 Å². The van der Waals surface area contributed by atoms with E-state index in [0.717, 1.165) is 0 Å². The molecule has 0 bridgehead atoms. The SMILES string of the molecule is Cc1ccc(-c2ccccc2)cc1-c1n(C)c2cc(-c3ccccc3)ccc2[n+]1-c1c(C(C)C)cccc1C(C)C. The van der Waals surface area contributed by atoms with Crippen LogP contribution in [0.3, 0.4) is 0 Å². The van der Waals surface area contributed by atoms with Crippen LogP contribution < -0.4 is 4.57 Å². The van der Waals surface area contributed by atoms with Gasteiger partial charge < -0.3 is 0 Å². The minimum Gasteiger partial charge on any atom is -0.225 e. The highest BCUT2D eigenvalue weighted by atomic mass is 15.2. The lowest BCUT2D eigenvalue weighted by Gasteiger charge is -2.19. The summed E-state index contributed by atoms with van der Waals surface area (Å²) < 4.78 is 4.95. The average molecular weight is 536 g/mol. The zero-order chi connectivity index (χ0) is 28.7. The lowest BCUT2D eigenvalue weighted by Crippen LogP contribution is -2.36. The van der Waals surface area contributed by atoms with Crippen molar-refractivity contribution in [2.45, 2.75) is 46.5 Å². The second kappa shape index (κ2) is 10.9. The van der Waals surface area contributed by atoms with Gasteiger partial charge in [-0.25, -0.2) is 4.57 Å². The Morgan fingerprint density at radius 2 is 1.10 bits per heavy atom. The first-order chi connectivity index (χ1) is 19.8. The third-order valence-corrected chi connectivity index (χ3v) is 8.37. The van der Waals surface area contributed by atoms with E-state index in [2.05, 4.69) is 166 Å². The van der Waals surface area contributed by atoms with Gasteiger partial charge in [-0.2, -0.15) is 4.57 Å². The van der Waals surface area contributed by atoms with E-state index in [9.17, 15) is 0 Å². The van der Waals surface area contributed by atoms with Gasteiger partial charge in [-0.05, 0) is 70.8 Å². The van der Waals surface area contributed by atoms with Crippen molar-refractivity contribution < 1.29 is 4.57 Å². The predicted octanol–water partition coefficient (Wildman–Crippen LogP) is 10.0. The maximum absolute atomic E-state index is 2.55. The molecular weight excluding hydrogens is 496 g/mol. The normalized spacial score (nSPS) is 11.6. The van der Waals surface area contributed by atoms with Crippen LogP contribution in [-0.4, -0.2) is 4.57 Å². The number of nitrogens with zero attached hydrogens (tertiary/aromatic N) is 2. The Labute approximate surface area is 244 Å². The van der Waals surface area contributed by atoms with Gasteiger partial charge in [-0.1, -0.05) is 119 Å². The fourth-order valence-electron chi connectivity index (χ4n) is 6.14. The van der Waals surface area contributed by atoms with Crippen LogP contribution in [0.15, 0.2) is 115 Å². The van der Waals surface area contributed by atoms with Crippen LogP contribution in [0.4, 0.5) is 0 Å². The fourth-order valence-corrected chi connectivity index (χ4v) is 6.14. The van der Waals surface area contributed by atoms with E-state index in [-0.39, 0.29) is 0 Å². The minimum absolute atomic E-state index is 0.389. The Kier molecular flexibility index (Phi) is 7.09. The van der Waals surface area contributed by atoms with Crippen LogP contribution in [0.1, 0.15) is 56.2 Å². The number of hydrogen-bond donors (Lipinski definition) is 0. The van der Waals surface area contributed by atoms with Gasteiger partial charge in [0.15, 0.2) is 11.0 Å². The summed E-state index contributed by atoms with van der Waals surface area (Å²) in [5, 5.41) is 0. The standard InChI is InChI=1S/C39H39N2/c1-26(2)33-18-13-19-34(27(3)4)38(33)41-36-23-22-32(30-16-11-8-12-17-30)25-37(36)40(6)39(41)35-24-31(21-20-28(35)5)29-14-9-7-10-15-29/h7-27H,1-6H3/q+1. The Morgan fingerprint density at radius 3 is 1.66 bits per heavy atom. The van der Waals surface area contributed by atoms with Crippen LogP contribution in [0.25, 0.3) is 50.4 Å². The Morgan fingerprint density at radius 1 is 0.561 bits per heavy atom. The van der Waals surface area contributed by atoms with E-state index in [0.29, 0.717) is 11.8 Å². The number of rotatable bonds is 6. The molecule has 6 rings (SSSR count). The first-order valence-electron chi connectivity index (χ1n) is 14.7. The molecule has 204 valence electrons. The molecule has 0 amide bonds. The highest BCUT2D eigenvalue weighted by Crippen LogP contribution is 2.36. The number of benzene rings is 5. The molecule has 0 N–H and O–H groups in total. The number of hydrogen-bond acceptors (Lipinski definition) is 0. The van der Waals surface area contributed by atoms with Gasteiger partial charge in [0, 0.05) is 11.1 Å². The van der Waals surface area contributed by atoms with Gasteiger partial charge in [0.1, 0.15) is 5.69 Å². The lowest BCUT2D eigenvalue weighted by molar-refractivity contribution is -0.557. The van der Waals surface area contributed by atoms with E-state index in [4.69, 9.17) is 0 Å². The number of aryl methyl sites for hydroxylation is 2. The van der Waals surface area contributed by atoms with Crippen LogP contribution in [0, 0.1) is 6.92 Å². The molecule has 0 saturated carbocycles. The summed E-state index contributed by atoms with van der Waals surface area (Å²) in [4.78, 5) is 0. The van der Waals surface area contributed by atoms with Crippen molar-refractivity contribution in [3.8, 4) is 39.3 Å². The van der Waals surface area contributed by atoms with Crippen LogP contribution in [-0.2, 0) is 7.05 Å². The summed E-state index contributed by atoms with van der Waals surface area (Å²) in [5.41, 5.74) is 13.9. The van der Waals surface area contributed by atoms with Crippen molar-refractivity contribution in [1.29, 1.82) is 0 Å². The third kappa shape index (κ3) is 4.78. The largest absolute Gasteiger partial charge is 0.295 e. The number of fused-ring (bicyclic) bond motifs is 1. The van der Waals surface area contributed by atoms with Gasteiger partial charge >= 0.3 is 0 Å². The van der Waals surface area contributed by atoms with Crippen LogP contribution in [0.5, 0.6) is 0 Å². The quantitative estimate of drug-likeness (QED) is 0.188. The van der Waals surface area contributed by atoms with Crippen molar-refractivity contribution >= 4 is 11.0 Å². The summed E-state index contributed by atoms with van der Waals surface area (Å²) >= 11 is 0. The topological polar surface area (TPSA) is 8.81 Å². The molecule has 2 nitrogen and oxygen atoms in total. The first kappa shape index (κ1) is 26.8. The van der Waals surface area contributed by atoms with E-state index in [1.165, 1.54) is 67.1 Å².